The van der Waals surface area contributed by atoms with Gasteiger partial charge in [0.2, 0.25) is 0 Å². The van der Waals surface area contributed by atoms with Crippen LogP contribution in [0.1, 0.15) is 41.7 Å². The summed E-state index contributed by atoms with van der Waals surface area (Å²) in [6.07, 6.45) is 4.87. The van der Waals surface area contributed by atoms with Crippen molar-refractivity contribution in [3.05, 3.63) is 64.4 Å². The molecule has 0 bridgehead atoms. The molecule has 6 heteroatoms. The summed E-state index contributed by atoms with van der Waals surface area (Å²) in [7, 11) is 0. The molecule has 0 spiro atoms. The molecule has 2 aromatic heterocycles. The van der Waals surface area contributed by atoms with Crippen LogP contribution >= 0.6 is 11.3 Å². The Bertz CT molecular complexity index is 904. The van der Waals surface area contributed by atoms with Gasteiger partial charge in [-0.1, -0.05) is 13.8 Å². The van der Waals surface area contributed by atoms with Gasteiger partial charge in [-0.3, -0.25) is 4.90 Å². The standard InChI is InChI=1S/C20H21FN4S/c1-13(2)19-22-9-15-11-25(8-7-18(15)24-19)12-17-10-23-20(26-17)14-3-5-16(21)6-4-14/h3-6,9-10,13H,7-8,11-12H2,1-2H3. The van der Waals surface area contributed by atoms with E-state index in [1.807, 2.05) is 12.4 Å². The van der Waals surface area contributed by atoms with Crippen molar-refractivity contribution in [2.24, 2.45) is 0 Å². The minimum atomic E-state index is -0.222. The van der Waals surface area contributed by atoms with E-state index in [-0.39, 0.29) is 5.82 Å². The van der Waals surface area contributed by atoms with Gasteiger partial charge in [0.25, 0.3) is 0 Å². The number of aromatic nitrogens is 3. The van der Waals surface area contributed by atoms with Crippen LogP contribution in [0.15, 0.2) is 36.7 Å². The maximum atomic E-state index is 13.1. The van der Waals surface area contributed by atoms with E-state index in [2.05, 4.69) is 28.7 Å². The first-order valence-electron chi connectivity index (χ1n) is 8.86. The molecule has 1 aliphatic heterocycles. The van der Waals surface area contributed by atoms with Gasteiger partial charge in [0.15, 0.2) is 0 Å². The van der Waals surface area contributed by atoms with E-state index in [0.29, 0.717) is 5.92 Å². The molecular weight excluding hydrogens is 347 g/mol. The first-order valence-corrected chi connectivity index (χ1v) is 9.68. The summed E-state index contributed by atoms with van der Waals surface area (Å²) in [5.41, 5.74) is 3.38. The average Bonchev–Trinajstić information content (AvgIpc) is 3.10. The molecule has 0 unspecified atom stereocenters. The molecule has 1 aromatic carbocycles. The van der Waals surface area contributed by atoms with Crippen molar-refractivity contribution in [2.75, 3.05) is 6.54 Å². The first kappa shape index (κ1) is 17.2. The number of hydrogen-bond donors (Lipinski definition) is 0. The Morgan fingerprint density at radius 3 is 2.73 bits per heavy atom. The summed E-state index contributed by atoms with van der Waals surface area (Å²) in [6.45, 7) is 6.98. The predicted octanol–water partition coefficient (Wildman–Crippen LogP) is 4.42. The maximum Gasteiger partial charge on any atom is 0.131 e. The van der Waals surface area contributed by atoms with Crippen molar-refractivity contribution < 1.29 is 4.39 Å². The fraction of sp³-hybridized carbons (Fsp3) is 0.350. The Morgan fingerprint density at radius 2 is 1.96 bits per heavy atom. The normalized spacial score (nSPS) is 14.6. The zero-order valence-electron chi connectivity index (χ0n) is 14.9. The summed E-state index contributed by atoms with van der Waals surface area (Å²) < 4.78 is 13.1. The van der Waals surface area contributed by atoms with Crippen LogP contribution in [0.3, 0.4) is 0 Å². The van der Waals surface area contributed by atoms with E-state index in [9.17, 15) is 4.39 Å². The number of rotatable bonds is 4. The summed E-state index contributed by atoms with van der Waals surface area (Å²) in [6, 6.07) is 6.50. The summed E-state index contributed by atoms with van der Waals surface area (Å²) in [4.78, 5) is 17.4. The highest BCUT2D eigenvalue weighted by Gasteiger charge is 2.20. The third kappa shape index (κ3) is 3.66. The molecule has 26 heavy (non-hydrogen) atoms. The molecule has 3 aromatic rings. The van der Waals surface area contributed by atoms with Crippen molar-refractivity contribution in [3.8, 4) is 10.6 Å². The minimum absolute atomic E-state index is 0.222. The molecular formula is C20H21FN4S. The van der Waals surface area contributed by atoms with Crippen molar-refractivity contribution >= 4 is 11.3 Å². The molecule has 4 nitrogen and oxygen atoms in total. The first-order chi connectivity index (χ1) is 12.6. The van der Waals surface area contributed by atoms with Crippen LogP contribution in [0.2, 0.25) is 0 Å². The highest BCUT2D eigenvalue weighted by molar-refractivity contribution is 7.15. The quantitative estimate of drug-likeness (QED) is 0.684. The van der Waals surface area contributed by atoms with Crippen LogP contribution < -0.4 is 0 Å². The third-order valence-corrected chi connectivity index (χ3v) is 5.60. The molecule has 0 atom stereocenters. The van der Waals surface area contributed by atoms with E-state index < -0.39 is 0 Å². The van der Waals surface area contributed by atoms with Gasteiger partial charge in [-0.2, -0.15) is 0 Å². The second kappa shape index (κ2) is 7.21. The Balaban J connectivity index is 1.45. The average molecular weight is 368 g/mol. The monoisotopic (exact) mass is 368 g/mol. The van der Waals surface area contributed by atoms with Gasteiger partial charge in [0, 0.05) is 66.1 Å². The van der Waals surface area contributed by atoms with Crippen LogP contribution in [-0.4, -0.2) is 26.4 Å². The van der Waals surface area contributed by atoms with E-state index in [1.54, 1.807) is 23.5 Å². The predicted molar refractivity (Wildman–Crippen MR) is 101 cm³/mol. The third-order valence-electron chi connectivity index (χ3n) is 4.57. The summed E-state index contributed by atoms with van der Waals surface area (Å²) in [5.74, 6) is 1.07. The van der Waals surface area contributed by atoms with E-state index in [1.165, 1.54) is 28.3 Å². The van der Waals surface area contributed by atoms with Crippen molar-refractivity contribution in [3.63, 3.8) is 0 Å². The minimum Gasteiger partial charge on any atom is -0.293 e. The molecule has 1 aliphatic rings. The number of nitrogens with zero attached hydrogens (tertiary/aromatic N) is 4. The molecule has 0 aliphatic carbocycles. The molecule has 0 amide bonds. The molecule has 0 saturated carbocycles. The van der Waals surface area contributed by atoms with Gasteiger partial charge in [-0.15, -0.1) is 11.3 Å². The Kier molecular flexibility index (Phi) is 4.78. The number of thiazole rings is 1. The molecule has 0 radical (unpaired) electrons. The van der Waals surface area contributed by atoms with Crippen LogP contribution in [0, 0.1) is 5.82 Å². The lowest BCUT2D eigenvalue weighted by molar-refractivity contribution is 0.244. The van der Waals surface area contributed by atoms with Crippen molar-refractivity contribution in [1.82, 2.24) is 19.9 Å². The lowest BCUT2D eigenvalue weighted by Gasteiger charge is -2.27. The second-order valence-corrected chi connectivity index (χ2v) is 8.07. The van der Waals surface area contributed by atoms with Crippen molar-refractivity contribution in [2.45, 2.75) is 39.3 Å². The zero-order chi connectivity index (χ0) is 18.1. The van der Waals surface area contributed by atoms with Gasteiger partial charge in [0.1, 0.15) is 16.6 Å². The zero-order valence-corrected chi connectivity index (χ0v) is 15.8. The van der Waals surface area contributed by atoms with Crippen LogP contribution in [0.25, 0.3) is 10.6 Å². The van der Waals surface area contributed by atoms with Crippen LogP contribution in [-0.2, 0) is 19.5 Å². The Morgan fingerprint density at radius 1 is 1.15 bits per heavy atom. The lowest BCUT2D eigenvalue weighted by atomic mass is 10.1. The largest absolute Gasteiger partial charge is 0.293 e. The summed E-state index contributed by atoms with van der Waals surface area (Å²) >= 11 is 1.67. The van der Waals surface area contributed by atoms with E-state index in [0.717, 1.165) is 42.5 Å². The van der Waals surface area contributed by atoms with E-state index in [4.69, 9.17) is 4.98 Å². The number of benzene rings is 1. The Hall–Kier alpha value is -2.18. The van der Waals surface area contributed by atoms with Crippen LogP contribution in [0.5, 0.6) is 0 Å². The molecule has 134 valence electrons. The van der Waals surface area contributed by atoms with Crippen LogP contribution in [0.4, 0.5) is 4.39 Å². The van der Waals surface area contributed by atoms with Gasteiger partial charge in [-0.25, -0.2) is 19.3 Å². The molecule has 0 saturated heterocycles. The molecule has 4 rings (SSSR count). The fourth-order valence-corrected chi connectivity index (χ4v) is 4.09. The number of hydrogen-bond acceptors (Lipinski definition) is 5. The van der Waals surface area contributed by atoms with Gasteiger partial charge in [0.05, 0.1) is 0 Å². The SMILES string of the molecule is CC(C)c1ncc2c(n1)CCN(Cc1cnc(-c3ccc(F)cc3)s1)C2. The lowest BCUT2D eigenvalue weighted by Crippen LogP contribution is -2.30. The highest BCUT2D eigenvalue weighted by atomic mass is 32.1. The highest BCUT2D eigenvalue weighted by Crippen LogP contribution is 2.27. The maximum absolute atomic E-state index is 13.1. The summed E-state index contributed by atoms with van der Waals surface area (Å²) in [5, 5.41) is 0.933. The topological polar surface area (TPSA) is 41.9 Å². The van der Waals surface area contributed by atoms with Gasteiger partial charge in [-0.05, 0) is 24.3 Å². The van der Waals surface area contributed by atoms with Gasteiger partial charge < -0.3 is 0 Å². The van der Waals surface area contributed by atoms with E-state index >= 15 is 0 Å². The number of fused-ring (bicyclic) bond motifs is 1. The molecule has 0 fully saturated rings. The molecule has 3 heterocycles. The fourth-order valence-electron chi connectivity index (χ4n) is 3.13. The molecule has 0 N–H and O–H groups in total. The smallest absolute Gasteiger partial charge is 0.131 e. The van der Waals surface area contributed by atoms with Crippen molar-refractivity contribution in [1.29, 1.82) is 0 Å². The number of halogens is 1. The second-order valence-electron chi connectivity index (χ2n) is 6.95. The Labute approximate surface area is 156 Å². The van der Waals surface area contributed by atoms with Gasteiger partial charge >= 0.3 is 0 Å².